The van der Waals surface area contributed by atoms with Gasteiger partial charge >= 0.3 is 0 Å². The summed E-state index contributed by atoms with van der Waals surface area (Å²) in [6.45, 7) is 1.78. The number of benzene rings is 3. The first-order valence-corrected chi connectivity index (χ1v) is 9.71. The Kier molecular flexibility index (Phi) is 6.03. The molecule has 1 unspecified atom stereocenters. The predicted octanol–water partition coefficient (Wildman–Crippen LogP) is 4.47. The van der Waals surface area contributed by atoms with Crippen molar-refractivity contribution in [3.05, 3.63) is 102 Å². The van der Waals surface area contributed by atoms with Crippen LogP contribution < -0.4 is 10.1 Å². The maximum atomic E-state index is 13.4. The normalized spacial score (nSPS) is 11.7. The van der Waals surface area contributed by atoms with Gasteiger partial charge in [-0.25, -0.2) is 4.39 Å². The third-order valence-electron chi connectivity index (χ3n) is 4.61. The molecule has 156 valence electrons. The largest absolute Gasteiger partial charge is 0.484 e. The van der Waals surface area contributed by atoms with Gasteiger partial charge in [0.15, 0.2) is 6.61 Å². The fourth-order valence-corrected chi connectivity index (χ4v) is 2.98. The Balaban J connectivity index is 1.53. The lowest BCUT2D eigenvalue weighted by atomic mass is 10.1. The molecular weight excluding hydrogens is 397 g/mol. The van der Waals surface area contributed by atoms with E-state index in [-0.39, 0.29) is 24.2 Å². The average molecular weight is 417 g/mol. The van der Waals surface area contributed by atoms with E-state index in [1.54, 1.807) is 24.3 Å². The fraction of sp³-hybridized carbons (Fsp3) is 0.125. The minimum atomic E-state index is -0.750. The van der Waals surface area contributed by atoms with E-state index in [0.29, 0.717) is 17.2 Å². The zero-order chi connectivity index (χ0) is 21.6. The van der Waals surface area contributed by atoms with Crippen LogP contribution in [-0.4, -0.2) is 22.7 Å². The molecule has 0 saturated carbocycles. The van der Waals surface area contributed by atoms with Gasteiger partial charge in [0, 0.05) is 5.56 Å². The molecular formula is C24H20FN3O3. The van der Waals surface area contributed by atoms with E-state index in [9.17, 15) is 9.18 Å². The minimum Gasteiger partial charge on any atom is -0.484 e. The Morgan fingerprint density at radius 2 is 1.71 bits per heavy atom. The van der Waals surface area contributed by atoms with Crippen LogP contribution in [0.25, 0.3) is 11.5 Å². The predicted molar refractivity (Wildman–Crippen MR) is 113 cm³/mol. The lowest BCUT2D eigenvalue weighted by Crippen LogP contribution is -2.33. The second kappa shape index (κ2) is 9.21. The lowest BCUT2D eigenvalue weighted by molar-refractivity contribution is -0.123. The van der Waals surface area contributed by atoms with E-state index in [4.69, 9.17) is 9.15 Å². The van der Waals surface area contributed by atoms with Crippen LogP contribution in [0.1, 0.15) is 23.1 Å². The summed E-state index contributed by atoms with van der Waals surface area (Å²) in [4.78, 5) is 12.6. The van der Waals surface area contributed by atoms with Crippen LogP contribution in [0, 0.1) is 12.7 Å². The summed E-state index contributed by atoms with van der Waals surface area (Å²) in [5, 5.41) is 11.0. The number of carbonyl (C=O) groups excluding carboxylic acids is 1. The fourth-order valence-electron chi connectivity index (χ4n) is 2.98. The Labute approximate surface area is 178 Å². The summed E-state index contributed by atoms with van der Waals surface area (Å²) in [6, 6.07) is 21.7. The summed E-state index contributed by atoms with van der Waals surface area (Å²) < 4.78 is 24.8. The molecule has 1 amide bonds. The summed E-state index contributed by atoms with van der Waals surface area (Å²) in [6.07, 6.45) is 0. The summed E-state index contributed by atoms with van der Waals surface area (Å²) in [5.41, 5.74) is 2.46. The number of carbonyl (C=O) groups is 1. The second-order valence-electron chi connectivity index (χ2n) is 6.97. The Hall–Kier alpha value is -4.00. The van der Waals surface area contributed by atoms with Crippen molar-refractivity contribution in [1.29, 1.82) is 0 Å². The van der Waals surface area contributed by atoms with Gasteiger partial charge in [-0.1, -0.05) is 48.0 Å². The van der Waals surface area contributed by atoms with Crippen molar-refractivity contribution < 1.29 is 18.3 Å². The zero-order valence-corrected chi connectivity index (χ0v) is 16.8. The van der Waals surface area contributed by atoms with Gasteiger partial charge in [0.1, 0.15) is 17.6 Å². The molecule has 0 aliphatic carbocycles. The van der Waals surface area contributed by atoms with Crippen molar-refractivity contribution in [1.82, 2.24) is 15.5 Å². The van der Waals surface area contributed by atoms with Crippen LogP contribution in [0.2, 0.25) is 0 Å². The molecule has 1 aromatic heterocycles. The molecule has 0 fully saturated rings. The molecule has 4 aromatic rings. The average Bonchev–Trinajstić information content (AvgIpc) is 3.28. The number of amides is 1. The topological polar surface area (TPSA) is 77.2 Å². The highest BCUT2D eigenvalue weighted by Crippen LogP contribution is 2.25. The molecule has 0 aliphatic heterocycles. The Bertz CT molecular complexity index is 1140. The molecule has 0 saturated heterocycles. The van der Waals surface area contributed by atoms with Crippen molar-refractivity contribution >= 4 is 5.91 Å². The van der Waals surface area contributed by atoms with Crippen LogP contribution >= 0.6 is 0 Å². The maximum absolute atomic E-state index is 13.4. The molecule has 0 radical (unpaired) electrons. The van der Waals surface area contributed by atoms with Gasteiger partial charge in [-0.3, -0.25) is 4.79 Å². The number of ether oxygens (including phenoxy) is 1. The van der Waals surface area contributed by atoms with Gasteiger partial charge in [-0.2, -0.15) is 0 Å². The molecule has 31 heavy (non-hydrogen) atoms. The number of nitrogens with zero attached hydrogens (tertiary/aromatic N) is 2. The molecule has 3 aromatic carbocycles. The number of halogens is 1. The first-order chi connectivity index (χ1) is 15.1. The molecule has 1 heterocycles. The van der Waals surface area contributed by atoms with Crippen molar-refractivity contribution in [3.63, 3.8) is 0 Å². The number of hydrogen-bond donors (Lipinski definition) is 1. The van der Waals surface area contributed by atoms with Gasteiger partial charge in [0.05, 0.1) is 0 Å². The van der Waals surface area contributed by atoms with Gasteiger partial charge < -0.3 is 14.5 Å². The highest BCUT2D eigenvalue weighted by molar-refractivity contribution is 5.78. The standard InChI is InChI=1S/C24H20FN3O3/c1-16-7-13-20(14-8-16)30-15-21(29)26-22(17-9-11-19(25)12-10-17)24-28-27-23(31-24)18-5-3-2-4-6-18/h2-14,22H,15H2,1H3,(H,26,29). The molecule has 6 nitrogen and oxygen atoms in total. The first kappa shape index (κ1) is 20.3. The highest BCUT2D eigenvalue weighted by Gasteiger charge is 2.24. The number of rotatable bonds is 7. The van der Waals surface area contributed by atoms with Gasteiger partial charge in [0.2, 0.25) is 11.8 Å². The quantitative estimate of drug-likeness (QED) is 0.480. The van der Waals surface area contributed by atoms with Crippen LogP contribution in [0.15, 0.2) is 83.3 Å². The van der Waals surface area contributed by atoms with Crippen molar-refractivity contribution in [3.8, 4) is 17.2 Å². The molecule has 4 rings (SSSR count). The summed E-state index contributed by atoms with van der Waals surface area (Å²) in [7, 11) is 0. The van der Waals surface area contributed by atoms with Gasteiger partial charge in [-0.15, -0.1) is 10.2 Å². The van der Waals surface area contributed by atoms with E-state index in [2.05, 4.69) is 15.5 Å². The van der Waals surface area contributed by atoms with Crippen molar-refractivity contribution in [2.24, 2.45) is 0 Å². The molecule has 7 heteroatoms. The van der Waals surface area contributed by atoms with E-state index in [0.717, 1.165) is 11.1 Å². The first-order valence-electron chi connectivity index (χ1n) is 9.71. The Morgan fingerprint density at radius 3 is 2.42 bits per heavy atom. The molecule has 0 bridgehead atoms. The molecule has 1 N–H and O–H groups in total. The van der Waals surface area contributed by atoms with Crippen LogP contribution in [-0.2, 0) is 4.79 Å². The highest BCUT2D eigenvalue weighted by atomic mass is 19.1. The van der Waals surface area contributed by atoms with E-state index < -0.39 is 6.04 Å². The van der Waals surface area contributed by atoms with E-state index in [1.807, 2.05) is 49.4 Å². The van der Waals surface area contributed by atoms with Crippen LogP contribution in [0.3, 0.4) is 0 Å². The van der Waals surface area contributed by atoms with Crippen molar-refractivity contribution in [2.45, 2.75) is 13.0 Å². The third-order valence-corrected chi connectivity index (χ3v) is 4.61. The maximum Gasteiger partial charge on any atom is 0.258 e. The summed E-state index contributed by atoms with van der Waals surface area (Å²) >= 11 is 0. The Morgan fingerprint density at radius 1 is 1.00 bits per heavy atom. The molecule has 0 spiro atoms. The molecule has 1 atom stereocenters. The SMILES string of the molecule is Cc1ccc(OCC(=O)NC(c2ccc(F)cc2)c2nnc(-c3ccccc3)o2)cc1. The smallest absolute Gasteiger partial charge is 0.258 e. The van der Waals surface area contributed by atoms with Crippen molar-refractivity contribution in [2.75, 3.05) is 6.61 Å². The summed E-state index contributed by atoms with van der Waals surface area (Å²) in [5.74, 6) is 0.339. The number of hydrogen-bond acceptors (Lipinski definition) is 5. The number of aryl methyl sites for hydroxylation is 1. The van der Waals surface area contributed by atoms with Crippen LogP contribution in [0.4, 0.5) is 4.39 Å². The van der Waals surface area contributed by atoms with Gasteiger partial charge in [0.25, 0.3) is 5.91 Å². The monoisotopic (exact) mass is 417 g/mol. The van der Waals surface area contributed by atoms with Gasteiger partial charge in [-0.05, 0) is 48.9 Å². The zero-order valence-electron chi connectivity index (χ0n) is 16.8. The lowest BCUT2D eigenvalue weighted by Gasteiger charge is -2.16. The minimum absolute atomic E-state index is 0.189. The third kappa shape index (κ3) is 5.14. The van der Waals surface area contributed by atoms with Crippen LogP contribution in [0.5, 0.6) is 5.75 Å². The number of aromatic nitrogens is 2. The van der Waals surface area contributed by atoms with E-state index in [1.165, 1.54) is 12.1 Å². The molecule has 0 aliphatic rings. The van der Waals surface area contributed by atoms with E-state index >= 15 is 0 Å². The second-order valence-corrected chi connectivity index (χ2v) is 6.97. The number of nitrogens with one attached hydrogen (secondary N) is 1.